The Morgan fingerprint density at radius 1 is 0.771 bits per heavy atom. The Balaban J connectivity index is 1.02. The van der Waals surface area contributed by atoms with E-state index in [9.17, 15) is 45.2 Å². The van der Waals surface area contributed by atoms with Crippen LogP contribution in [-0.4, -0.2) is 166 Å². The van der Waals surface area contributed by atoms with Gasteiger partial charge in [0, 0.05) is 54.8 Å². The molecule has 1 spiro atoms. The Bertz CT molecular complexity index is 2560. The molecule has 6 fully saturated rings. The molecule has 4 aliphatic carbocycles. The Morgan fingerprint density at radius 2 is 1.41 bits per heavy atom. The van der Waals surface area contributed by atoms with Gasteiger partial charge in [0.25, 0.3) is 0 Å². The summed E-state index contributed by atoms with van der Waals surface area (Å²) in [5.41, 5.74) is -3.46. The molecule has 9 aliphatic rings. The molecule has 22 nitrogen and oxygen atoms in total. The molecule has 464 valence electrons. The smallest absolute Gasteiger partial charge is 0.407 e. The molecular weight excluding hydrogens is 1080 g/mol. The first kappa shape index (κ1) is 63.5. The van der Waals surface area contributed by atoms with Crippen LogP contribution in [0.15, 0.2) is 58.4 Å². The zero-order valence-corrected chi connectivity index (χ0v) is 50.1. The lowest BCUT2D eigenvalue weighted by Crippen LogP contribution is -3.17. The molecule has 9 rings (SSSR count). The molecule has 1 saturated carbocycles. The summed E-state index contributed by atoms with van der Waals surface area (Å²) >= 11 is 0. The molecule has 22 heteroatoms. The highest BCUT2D eigenvalue weighted by Crippen LogP contribution is 2.61. The van der Waals surface area contributed by atoms with Gasteiger partial charge >= 0.3 is 12.1 Å². The van der Waals surface area contributed by atoms with Crippen molar-refractivity contribution in [3.05, 3.63) is 63.6 Å². The molecule has 0 aromatic heterocycles. The normalized spacial score (nSPS) is 49.3. The monoisotopic (exact) mass is 1170 g/mol. The van der Waals surface area contributed by atoms with E-state index in [0.717, 1.165) is 11.9 Å². The third-order valence-electron chi connectivity index (χ3n) is 20.5. The number of quaternary nitrogens is 1. The van der Waals surface area contributed by atoms with Crippen LogP contribution in [0, 0.1) is 58.0 Å². The molecule has 0 radical (unpaired) electrons. The molecule has 28 atom stereocenters. The van der Waals surface area contributed by atoms with Gasteiger partial charge in [-0.3, -0.25) is 9.59 Å². The van der Waals surface area contributed by atoms with Gasteiger partial charge < -0.3 is 78.3 Å². The molecule has 0 aromatic carbocycles. The lowest BCUT2D eigenvalue weighted by Gasteiger charge is -2.56. The van der Waals surface area contributed by atoms with Crippen molar-refractivity contribution in [1.29, 1.82) is 0 Å². The highest BCUT2D eigenvalue weighted by Gasteiger charge is 2.64. The number of Topliss-reactive ketones (excluding diaryl/α,β-unsaturated/α-hetero) is 1. The van der Waals surface area contributed by atoms with Crippen LogP contribution >= 0.6 is 0 Å². The van der Waals surface area contributed by atoms with Crippen molar-refractivity contribution >= 4 is 24.1 Å². The van der Waals surface area contributed by atoms with Crippen molar-refractivity contribution in [1.82, 2.24) is 5.32 Å². The number of ether oxygens (including phenoxy) is 10. The van der Waals surface area contributed by atoms with Crippen LogP contribution in [-0.2, 0) is 61.8 Å². The van der Waals surface area contributed by atoms with Gasteiger partial charge in [0.15, 0.2) is 36.3 Å². The Hall–Kier alpha value is -3.98. The first-order valence-electron chi connectivity index (χ1n) is 29.8. The quantitative estimate of drug-likeness (QED) is 0.0476. The van der Waals surface area contributed by atoms with Crippen LogP contribution in [0.3, 0.4) is 0 Å². The maximum atomic E-state index is 15.5. The van der Waals surface area contributed by atoms with E-state index in [4.69, 9.17) is 47.4 Å². The van der Waals surface area contributed by atoms with Gasteiger partial charge in [-0.05, 0) is 96.1 Å². The maximum absolute atomic E-state index is 15.5. The fraction of sp³-hybridized carbons (Fsp3) is 0.770. The SMILES string of the molecule is COC(=O)N[C@H]1[C@@H](C)O[C@@H](O[C@H]2C/C=C(\C)[C@@H]3C=C[C@@H]4[C@@H](O[C@H]5C[C@@H](O[C@H]6C[C@H](O)[C@H](O[C@@H]7C[C@@H](O)[C@@H](C)[C@H](C)O7)[C@@H](C)O6)[C@@H](O)[C@H](C)O5)[C@@H](C)C[C@H](C)[C@H]4[C@]3(C)C(O)=C3C(=O)O[C@]4(C[C@@H](C)C(C=O)=C[C@H]4/C=C/2C)C3=O)C[C@]1(C)[NH+]([O-])O. The second-order valence-corrected chi connectivity index (χ2v) is 26.1. The van der Waals surface area contributed by atoms with Crippen LogP contribution in [0.4, 0.5) is 4.79 Å². The molecule has 5 aliphatic heterocycles. The Kier molecular flexibility index (Phi) is 18.9. The zero-order valence-electron chi connectivity index (χ0n) is 50.1. The van der Waals surface area contributed by atoms with E-state index in [-0.39, 0.29) is 62.4 Å². The number of alkyl carbamates (subject to hydrolysis) is 1. The Morgan fingerprint density at radius 3 is 2.07 bits per heavy atom. The van der Waals surface area contributed by atoms with Crippen LogP contribution in [0.2, 0.25) is 0 Å². The third kappa shape index (κ3) is 11.9. The number of aliphatic hydroxyl groups excluding tert-OH is 4. The number of aliphatic hydroxyl groups is 4. The van der Waals surface area contributed by atoms with Gasteiger partial charge in [0.1, 0.15) is 35.9 Å². The lowest BCUT2D eigenvalue weighted by atomic mass is 9.49. The second kappa shape index (κ2) is 24.7. The molecule has 2 bridgehead atoms. The molecule has 5 heterocycles. The van der Waals surface area contributed by atoms with E-state index >= 15 is 4.79 Å². The minimum absolute atomic E-state index is 0.0363. The van der Waals surface area contributed by atoms with Crippen molar-refractivity contribution in [2.45, 2.75) is 238 Å². The van der Waals surface area contributed by atoms with E-state index in [1.807, 2.05) is 39.8 Å². The number of ketones is 1. The van der Waals surface area contributed by atoms with Crippen LogP contribution < -0.4 is 10.5 Å². The first-order chi connectivity index (χ1) is 39.1. The standard InChI is InChI=1S/C61H90N2O20/c1-27-14-17-43(79-48-25-59(11,63(72)73)54(36(10)78-48)62-58(71)74-13)28(2)19-38-20-37(26-64)31(5)24-61(38)56(69)49(57(70)83-61)55(68)60(12)40(27)16-15-39-50(60)29(3)18-30(4)52(39)81-47-23-44(51(67)34(8)76-47)80-45-22-42(66)53(35(9)77-45)82-46-21-41(65)32(6)33(7)75-46/h14-16,19-20,26,29-36,38-48,50-54,63,65-68,72H,17-18,21-25H2,1-13H3,(H,62,71)/b27-14+,28-19+,55-49?/t29-,30-,31+,32-,33-,34-,35+,36+,38+,39-,40-,41+,42-,43-,44+,45-,46+,47-,48-,50+,51-,52-,53+,54-,59-,60+,61-/m0/s1. The van der Waals surface area contributed by atoms with Crippen LogP contribution in [0.25, 0.3) is 0 Å². The number of hydrogen-bond donors (Lipinski definition) is 7. The first-order valence-corrected chi connectivity index (χ1v) is 29.8. The summed E-state index contributed by atoms with van der Waals surface area (Å²) in [6.45, 7) is 22.0. The molecule has 1 unspecified atom stereocenters. The number of hydrogen-bond acceptors (Lipinski definition) is 20. The number of carbonyl (C=O) groups is 4. The zero-order chi connectivity index (χ0) is 60.5. The third-order valence-corrected chi connectivity index (χ3v) is 20.5. The number of esters is 1. The molecule has 5 saturated heterocycles. The summed E-state index contributed by atoms with van der Waals surface area (Å²) in [5.74, 6) is -5.36. The topological polar surface area (TPSA) is 301 Å². The predicted octanol–water partition coefficient (Wildman–Crippen LogP) is 4.90. The van der Waals surface area contributed by atoms with Gasteiger partial charge in [-0.25, -0.2) is 20.0 Å². The highest BCUT2D eigenvalue weighted by molar-refractivity contribution is 6.26. The van der Waals surface area contributed by atoms with E-state index in [2.05, 4.69) is 25.2 Å². The number of carbonyl (C=O) groups excluding carboxylic acids is 4. The minimum atomic E-state index is -1.86. The number of rotatable bonds is 11. The van der Waals surface area contributed by atoms with Crippen LogP contribution in [0.5, 0.6) is 0 Å². The number of hydroxylamine groups is 2. The largest absolute Gasteiger partial charge is 0.600 e. The maximum Gasteiger partial charge on any atom is 0.407 e. The summed E-state index contributed by atoms with van der Waals surface area (Å²) in [6, 6.07) is -0.988. The van der Waals surface area contributed by atoms with Crippen molar-refractivity contribution < 1.29 is 97.4 Å². The number of allylic oxidation sites excluding steroid dienone is 4. The summed E-state index contributed by atoms with van der Waals surface area (Å²) in [5, 5.41) is 71.9. The van der Waals surface area contributed by atoms with Crippen molar-refractivity contribution in [2.24, 2.45) is 52.8 Å². The lowest BCUT2D eigenvalue weighted by molar-refractivity contribution is -1.09. The van der Waals surface area contributed by atoms with Crippen molar-refractivity contribution in [3.63, 3.8) is 0 Å². The molecule has 1 amide bonds. The van der Waals surface area contributed by atoms with Gasteiger partial charge in [-0.2, -0.15) is 0 Å². The fourth-order valence-electron chi connectivity index (χ4n) is 15.6. The van der Waals surface area contributed by atoms with Gasteiger partial charge in [0.05, 0.1) is 68.5 Å². The Labute approximate surface area is 486 Å². The van der Waals surface area contributed by atoms with Gasteiger partial charge in [-0.1, -0.05) is 70.6 Å². The molecule has 83 heavy (non-hydrogen) atoms. The summed E-state index contributed by atoms with van der Waals surface area (Å²) in [4.78, 5) is 55.3. The average Bonchev–Trinajstić information content (AvgIpc) is 1.83. The fourth-order valence-corrected chi connectivity index (χ4v) is 15.6. The van der Waals surface area contributed by atoms with Crippen molar-refractivity contribution in [2.75, 3.05) is 7.11 Å². The highest BCUT2D eigenvalue weighted by atomic mass is 16.8. The number of amides is 1. The average molecular weight is 1170 g/mol. The van der Waals surface area contributed by atoms with Gasteiger partial charge in [0.2, 0.25) is 5.78 Å². The van der Waals surface area contributed by atoms with E-state index < -0.39 is 173 Å². The number of nitrogens with one attached hydrogen (secondary N) is 2. The molecule has 7 N–H and O–H groups in total. The van der Waals surface area contributed by atoms with E-state index in [0.29, 0.717) is 17.6 Å². The van der Waals surface area contributed by atoms with E-state index in [1.54, 1.807) is 46.8 Å². The molecule has 0 aromatic rings. The number of methoxy groups -OCH3 is 1. The predicted molar refractivity (Wildman–Crippen MR) is 294 cm³/mol. The minimum Gasteiger partial charge on any atom is -0.600 e. The summed E-state index contributed by atoms with van der Waals surface area (Å²) in [6.07, 6.45) is -1.46. The summed E-state index contributed by atoms with van der Waals surface area (Å²) < 4.78 is 62.7. The molecular formula is C61H90N2O20. The summed E-state index contributed by atoms with van der Waals surface area (Å²) in [7, 11) is 1.18. The number of fused-ring (bicyclic) bond motifs is 4. The number of aldehydes is 1. The van der Waals surface area contributed by atoms with Crippen molar-refractivity contribution in [3.8, 4) is 0 Å². The van der Waals surface area contributed by atoms with Crippen LogP contribution in [0.1, 0.15) is 128 Å². The van der Waals surface area contributed by atoms with Gasteiger partial charge in [-0.15, -0.1) is 0 Å². The second-order valence-electron chi connectivity index (χ2n) is 26.1. The van der Waals surface area contributed by atoms with E-state index in [1.165, 1.54) is 14.0 Å².